The molecule has 7 nitrogen and oxygen atoms in total. The van der Waals surface area contributed by atoms with Gasteiger partial charge in [0.05, 0.1) is 12.2 Å². The number of anilines is 1. The Morgan fingerprint density at radius 2 is 1.88 bits per heavy atom. The molecule has 0 radical (unpaired) electrons. The van der Waals surface area contributed by atoms with Crippen molar-refractivity contribution in [2.24, 2.45) is 0 Å². The number of nitrogens with one attached hydrogen (secondary N) is 2. The molecular weight excluding hydrogens is 332 g/mol. The molecule has 0 spiro atoms. The lowest BCUT2D eigenvalue weighted by molar-refractivity contribution is -0.137. The molecule has 0 bridgehead atoms. The monoisotopic (exact) mass is 356 g/mol. The molecule has 2 amide bonds. The average Bonchev–Trinajstić information content (AvgIpc) is 2.71. The van der Waals surface area contributed by atoms with Crippen LogP contribution in [0.2, 0.25) is 0 Å². The predicted octanol–water partition coefficient (Wildman–Crippen LogP) is 3.31. The van der Waals surface area contributed by atoms with Gasteiger partial charge in [0.1, 0.15) is 5.00 Å². The zero-order chi connectivity index (χ0) is 18.5. The van der Waals surface area contributed by atoms with Gasteiger partial charge >= 0.3 is 18.0 Å². The summed E-state index contributed by atoms with van der Waals surface area (Å²) >= 11 is 1.30. The SMILES string of the molecule is CCOC(=O)c1c(NC(=O)NC(C)(C)CCC(=O)O)sc(C)c1C. The van der Waals surface area contributed by atoms with Crippen molar-refractivity contribution < 1.29 is 24.2 Å². The first-order valence-corrected chi connectivity index (χ1v) is 8.47. The molecule has 134 valence electrons. The van der Waals surface area contributed by atoms with Crippen LogP contribution < -0.4 is 10.6 Å². The van der Waals surface area contributed by atoms with E-state index in [1.165, 1.54) is 11.3 Å². The van der Waals surface area contributed by atoms with Crippen LogP contribution in [0.3, 0.4) is 0 Å². The third kappa shape index (κ3) is 5.52. The number of urea groups is 1. The maximum absolute atomic E-state index is 12.2. The van der Waals surface area contributed by atoms with E-state index in [1.807, 2.05) is 6.92 Å². The molecule has 0 aliphatic rings. The third-order valence-electron chi connectivity index (χ3n) is 3.51. The van der Waals surface area contributed by atoms with Crippen LogP contribution in [0.5, 0.6) is 0 Å². The summed E-state index contributed by atoms with van der Waals surface area (Å²) in [6.07, 6.45) is 0.252. The van der Waals surface area contributed by atoms with Crippen molar-refractivity contribution in [1.82, 2.24) is 5.32 Å². The van der Waals surface area contributed by atoms with Gasteiger partial charge in [-0.3, -0.25) is 10.1 Å². The smallest absolute Gasteiger partial charge is 0.341 e. The fraction of sp³-hybridized carbons (Fsp3) is 0.562. The van der Waals surface area contributed by atoms with E-state index in [9.17, 15) is 14.4 Å². The highest BCUT2D eigenvalue weighted by Gasteiger charge is 2.25. The lowest BCUT2D eigenvalue weighted by atomic mass is 9.99. The van der Waals surface area contributed by atoms with E-state index in [1.54, 1.807) is 27.7 Å². The number of aliphatic carboxylic acids is 1. The van der Waals surface area contributed by atoms with Gasteiger partial charge < -0.3 is 15.2 Å². The van der Waals surface area contributed by atoms with Crippen molar-refractivity contribution in [2.45, 2.75) is 53.0 Å². The topological polar surface area (TPSA) is 105 Å². The second-order valence-electron chi connectivity index (χ2n) is 6.06. The highest BCUT2D eigenvalue weighted by Crippen LogP contribution is 2.33. The van der Waals surface area contributed by atoms with E-state index in [2.05, 4.69) is 10.6 Å². The fourth-order valence-corrected chi connectivity index (χ4v) is 3.13. The highest BCUT2D eigenvalue weighted by atomic mass is 32.1. The summed E-state index contributed by atoms with van der Waals surface area (Å²) in [5.74, 6) is -1.39. The summed E-state index contributed by atoms with van der Waals surface area (Å²) in [5, 5.41) is 14.6. The molecule has 1 heterocycles. The van der Waals surface area contributed by atoms with E-state index in [0.29, 0.717) is 17.0 Å². The number of rotatable bonds is 7. The van der Waals surface area contributed by atoms with Gasteiger partial charge in [0.25, 0.3) is 0 Å². The van der Waals surface area contributed by atoms with Crippen molar-refractivity contribution >= 4 is 34.3 Å². The minimum Gasteiger partial charge on any atom is -0.481 e. The Bertz CT molecular complexity index is 637. The standard InChI is InChI=1S/C16H24N2O5S/c1-6-23-14(21)12-9(2)10(3)24-13(12)17-15(22)18-16(4,5)8-7-11(19)20/h6-8H2,1-5H3,(H,19,20)(H2,17,18,22). The molecule has 0 fully saturated rings. The van der Waals surface area contributed by atoms with Crippen molar-refractivity contribution in [3.8, 4) is 0 Å². The number of hydrogen-bond acceptors (Lipinski definition) is 5. The van der Waals surface area contributed by atoms with Gasteiger partial charge in [-0.15, -0.1) is 11.3 Å². The van der Waals surface area contributed by atoms with E-state index in [0.717, 1.165) is 10.4 Å². The molecule has 1 rings (SSSR count). The summed E-state index contributed by atoms with van der Waals surface area (Å²) < 4.78 is 5.04. The first-order chi connectivity index (χ1) is 11.1. The molecule has 1 aromatic heterocycles. The molecule has 0 atom stereocenters. The lowest BCUT2D eigenvalue weighted by Crippen LogP contribution is -2.45. The Hall–Kier alpha value is -2.09. The molecule has 3 N–H and O–H groups in total. The van der Waals surface area contributed by atoms with Crippen LogP contribution in [-0.4, -0.2) is 35.2 Å². The van der Waals surface area contributed by atoms with Gasteiger partial charge in [0, 0.05) is 16.8 Å². The average molecular weight is 356 g/mol. The maximum atomic E-state index is 12.2. The number of hydrogen-bond donors (Lipinski definition) is 3. The maximum Gasteiger partial charge on any atom is 0.341 e. The Labute approximate surface area is 145 Å². The van der Waals surface area contributed by atoms with Crippen molar-refractivity contribution in [1.29, 1.82) is 0 Å². The number of amides is 2. The molecular formula is C16H24N2O5S. The Morgan fingerprint density at radius 3 is 2.42 bits per heavy atom. The Morgan fingerprint density at radius 1 is 1.25 bits per heavy atom. The van der Waals surface area contributed by atoms with E-state index in [-0.39, 0.29) is 13.0 Å². The van der Waals surface area contributed by atoms with Gasteiger partial charge in [0.2, 0.25) is 0 Å². The summed E-state index contributed by atoms with van der Waals surface area (Å²) in [5.41, 5.74) is 0.449. The third-order valence-corrected chi connectivity index (χ3v) is 4.63. The highest BCUT2D eigenvalue weighted by molar-refractivity contribution is 7.16. The van der Waals surface area contributed by atoms with Crippen molar-refractivity contribution in [2.75, 3.05) is 11.9 Å². The molecule has 0 aliphatic carbocycles. The first-order valence-electron chi connectivity index (χ1n) is 7.65. The molecule has 0 saturated carbocycles. The van der Waals surface area contributed by atoms with Crippen molar-refractivity contribution in [3.63, 3.8) is 0 Å². The lowest BCUT2D eigenvalue weighted by Gasteiger charge is -2.25. The molecule has 0 aromatic carbocycles. The Kier molecular flexibility index (Phi) is 6.77. The summed E-state index contributed by atoms with van der Waals surface area (Å²) in [6.45, 7) is 9.12. The van der Waals surface area contributed by atoms with E-state index >= 15 is 0 Å². The van der Waals surface area contributed by atoms with Crippen molar-refractivity contribution in [3.05, 3.63) is 16.0 Å². The Balaban J connectivity index is 2.85. The van der Waals surface area contributed by atoms with Crippen LogP contribution in [-0.2, 0) is 9.53 Å². The zero-order valence-corrected chi connectivity index (χ0v) is 15.4. The molecule has 0 unspecified atom stereocenters. The van der Waals surface area contributed by atoms with Crippen LogP contribution in [0.4, 0.5) is 9.80 Å². The summed E-state index contributed by atoms with van der Waals surface area (Å²) in [4.78, 5) is 35.9. The second-order valence-corrected chi connectivity index (χ2v) is 7.29. The summed E-state index contributed by atoms with van der Waals surface area (Å²) in [6, 6.07) is -0.489. The quantitative estimate of drug-likeness (QED) is 0.650. The molecule has 0 aliphatic heterocycles. The number of esters is 1. The summed E-state index contributed by atoms with van der Waals surface area (Å²) in [7, 11) is 0. The fourth-order valence-electron chi connectivity index (χ4n) is 2.09. The van der Waals surface area contributed by atoms with Crippen LogP contribution >= 0.6 is 11.3 Å². The number of aryl methyl sites for hydroxylation is 1. The van der Waals surface area contributed by atoms with Gasteiger partial charge in [-0.25, -0.2) is 9.59 Å². The van der Waals surface area contributed by atoms with Gasteiger partial charge in [0.15, 0.2) is 0 Å². The second kappa shape index (κ2) is 8.14. The first kappa shape index (κ1) is 20.0. The van der Waals surface area contributed by atoms with Crippen LogP contribution in [0.15, 0.2) is 0 Å². The minimum atomic E-state index is -0.917. The molecule has 8 heteroatoms. The van der Waals surface area contributed by atoms with Gasteiger partial charge in [-0.05, 0) is 46.6 Å². The normalized spacial score (nSPS) is 11.0. The zero-order valence-electron chi connectivity index (χ0n) is 14.6. The van der Waals surface area contributed by atoms with Gasteiger partial charge in [-0.2, -0.15) is 0 Å². The van der Waals surface area contributed by atoms with E-state index < -0.39 is 23.5 Å². The largest absolute Gasteiger partial charge is 0.481 e. The number of thiophene rings is 1. The number of carbonyl (C=O) groups is 3. The van der Waals surface area contributed by atoms with E-state index in [4.69, 9.17) is 9.84 Å². The van der Waals surface area contributed by atoms with Crippen LogP contribution in [0.1, 0.15) is 54.4 Å². The van der Waals surface area contributed by atoms with Crippen LogP contribution in [0, 0.1) is 13.8 Å². The van der Waals surface area contributed by atoms with Gasteiger partial charge in [-0.1, -0.05) is 0 Å². The number of carboxylic acid groups (broad SMARTS) is 1. The molecule has 24 heavy (non-hydrogen) atoms. The van der Waals surface area contributed by atoms with Crippen LogP contribution in [0.25, 0.3) is 0 Å². The predicted molar refractivity (Wildman–Crippen MR) is 92.9 cm³/mol. The number of carboxylic acids is 1. The minimum absolute atomic E-state index is 0.0431. The number of carbonyl (C=O) groups excluding carboxylic acids is 2. The number of ether oxygens (including phenoxy) is 1. The molecule has 1 aromatic rings. The molecule has 0 saturated heterocycles.